The molecule has 1 aromatic heterocycles. The van der Waals surface area contributed by atoms with Crippen LogP contribution in [-0.4, -0.2) is 27.1 Å². The molecular formula is C9H14BrN3O. The SMILES string of the molecule is CC(CCBr)NC(=O)c1cnn(C)c1. The van der Waals surface area contributed by atoms with E-state index < -0.39 is 0 Å². The van der Waals surface area contributed by atoms with Crippen molar-refractivity contribution < 1.29 is 4.79 Å². The predicted octanol–water partition coefficient (Wildman–Crippen LogP) is 1.32. The van der Waals surface area contributed by atoms with Gasteiger partial charge in [0.1, 0.15) is 0 Å². The molecule has 0 aliphatic rings. The van der Waals surface area contributed by atoms with Crippen LogP contribution in [0.15, 0.2) is 12.4 Å². The van der Waals surface area contributed by atoms with Crippen molar-refractivity contribution in [3.05, 3.63) is 18.0 Å². The fraction of sp³-hybridized carbons (Fsp3) is 0.556. The lowest BCUT2D eigenvalue weighted by Crippen LogP contribution is -2.32. The molecule has 0 radical (unpaired) electrons. The van der Waals surface area contributed by atoms with Crippen LogP contribution in [0.3, 0.4) is 0 Å². The number of hydrogen-bond acceptors (Lipinski definition) is 2. The molecule has 0 saturated heterocycles. The largest absolute Gasteiger partial charge is 0.349 e. The van der Waals surface area contributed by atoms with Gasteiger partial charge in [0, 0.05) is 24.6 Å². The highest BCUT2D eigenvalue weighted by Crippen LogP contribution is 1.99. The minimum atomic E-state index is -0.0634. The van der Waals surface area contributed by atoms with Gasteiger partial charge in [-0.2, -0.15) is 5.10 Å². The Balaban J connectivity index is 2.50. The summed E-state index contributed by atoms with van der Waals surface area (Å²) < 4.78 is 1.62. The molecule has 0 fully saturated rings. The normalized spacial score (nSPS) is 12.5. The second-order valence-corrected chi connectivity index (χ2v) is 4.05. The van der Waals surface area contributed by atoms with E-state index in [0.29, 0.717) is 5.56 Å². The molecule has 5 heteroatoms. The van der Waals surface area contributed by atoms with Gasteiger partial charge in [-0.3, -0.25) is 9.48 Å². The van der Waals surface area contributed by atoms with Crippen molar-refractivity contribution >= 4 is 21.8 Å². The zero-order valence-corrected chi connectivity index (χ0v) is 9.91. The quantitative estimate of drug-likeness (QED) is 0.830. The van der Waals surface area contributed by atoms with E-state index in [2.05, 4.69) is 26.3 Å². The van der Waals surface area contributed by atoms with Crippen LogP contribution in [0, 0.1) is 0 Å². The lowest BCUT2D eigenvalue weighted by atomic mass is 10.2. The molecule has 0 aromatic carbocycles. The van der Waals surface area contributed by atoms with E-state index >= 15 is 0 Å². The summed E-state index contributed by atoms with van der Waals surface area (Å²) in [5, 5.41) is 7.72. The smallest absolute Gasteiger partial charge is 0.254 e. The lowest BCUT2D eigenvalue weighted by molar-refractivity contribution is 0.0939. The van der Waals surface area contributed by atoms with Crippen molar-refractivity contribution in [3.63, 3.8) is 0 Å². The first-order valence-electron chi connectivity index (χ1n) is 4.49. The van der Waals surface area contributed by atoms with Gasteiger partial charge in [-0.1, -0.05) is 15.9 Å². The van der Waals surface area contributed by atoms with Crippen LogP contribution in [-0.2, 0) is 7.05 Å². The molecule has 1 N–H and O–H groups in total. The fourth-order valence-corrected chi connectivity index (χ4v) is 1.77. The van der Waals surface area contributed by atoms with E-state index in [1.165, 1.54) is 0 Å². The molecule has 14 heavy (non-hydrogen) atoms. The number of nitrogens with zero attached hydrogens (tertiary/aromatic N) is 2. The van der Waals surface area contributed by atoms with E-state index in [1.807, 2.05) is 6.92 Å². The van der Waals surface area contributed by atoms with Crippen LogP contribution in [0.4, 0.5) is 0 Å². The van der Waals surface area contributed by atoms with Gasteiger partial charge in [0.15, 0.2) is 0 Å². The Morgan fingerprint density at radius 2 is 2.50 bits per heavy atom. The van der Waals surface area contributed by atoms with Gasteiger partial charge in [0.25, 0.3) is 5.91 Å². The Bertz CT molecular complexity index is 311. The van der Waals surface area contributed by atoms with Crippen molar-refractivity contribution in [2.75, 3.05) is 5.33 Å². The van der Waals surface area contributed by atoms with Crippen molar-refractivity contribution in [1.82, 2.24) is 15.1 Å². The molecule has 0 saturated carbocycles. The van der Waals surface area contributed by atoms with Gasteiger partial charge in [0.2, 0.25) is 0 Å². The summed E-state index contributed by atoms with van der Waals surface area (Å²) >= 11 is 3.33. The molecule has 4 nitrogen and oxygen atoms in total. The first-order valence-corrected chi connectivity index (χ1v) is 5.61. The summed E-state index contributed by atoms with van der Waals surface area (Å²) in [5.74, 6) is -0.0634. The summed E-state index contributed by atoms with van der Waals surface area (Å²) in [6.07, 6.45) is 4.19. The molecule has 1 unspecified atom stereocenters. The molecule has 78 valence electrons. The molecule has 0 spiro atoms. The molecule has 1 heterocycles. The minimum Gasteiger partial charge on any atom is -0.349 e. The van der Waals surface area contributed by atoms with E-state index in [-0.39, 0.29) is 11.9 Å². The Morgan fingerprint density at radius 3 is 3.00 bits per heavy atom. The van der Waals surface area contributed by atoms with E-state index in [1.54, 1.807) is 24.1 Å². The maximum atomic E-state index is 11.6. The summed E-state index contributed by atoms with van der Waals surface area (Å²) in [6.45, 7) is 1.98. The molecule has 0 bridgehead atoms. The van der Waals surface area contributed by atoms with Crippen molar-refractivity contribution in [2.24, 2.45) is 7.05 Å². The number of amides is 1. The second kappa shape index (κ2) is 5.14. The highest BCUT2D eigenvalue weighted by molar-refractivity contribution is 9.09. The lowest BCUT2D eigenvalue weighted by Gasteiger charge is -2.10. The first-order chi connectivity index (χ1) is 6.63. The summed E-state index contributed by atoms with van der Waals surface area (Å²) in [6, 6.07) is 0.182. The highest BCUT2D eigenvalue weighted by atomic mass is 79.9. The molecule has 1 amide bonds. The number of rotatable bonds is 4. The molecular weight excluding hydrogens is 246 g/mol. The summed E-state index contributed by atoms with van der Waals surface area (Å²) in [5.41, 5.74) is 0.605. The summed E-state index contributed by atoms with van der Waals surface area (Å²) in [4.78, 5) is 11.6. The van der Waals surface area contributed by atoms with Gasteiger partial charge in [-0.05, 0) is 13.3 Å². The van der Waals surface area contributed by atoms with Crippen molar-refractivity contribution in [1.29, 1.82) is 0 Å². The molecule has 1 aromatic rings. The third-order valence-corrected chi connectivity index (χ3v) is 2.34. The van der Waals surface area contributed by atoms with Gasteiger partial charge < -0.3 is 5.32 Å². The maximum Gasteiger partial charge on any atom is 0.254 e. The number of nitrogens with one attached hydrogen (secondary N) is 1. The van der Waals surface area contributed by atoms with Gasteiger partial charge in [0.05, 0.1) is 11.8 Å². The summed E-state index contributed by atoms with van der Waals surface area (Å²) in [7, 11) is 1.79. The standard InChI is InChI=1S/C9H14BrN3O/c1-7(3-4-10)12-9(14)8-5-11-13(2)6-8/h5-7H,3-4H2,1-2H3,(H,12,14). The van der Waals surface area contributed by atoms with Gasteiger partial charge in [-0.25, -0.2) is 0 Å². The average Bonchev–Trinajstić information content (AvgIpc) is 2.52. The van der Waals surface area contributed by atoms with Crippen LogP contribution < -0.4 is 5.32 Å². The van der Waals surface area contributed by atoms with Crippen LogP contribution in [0.25, 0.3) is 0 Å². The van der Waals surface area contributed by atoms with Crippen LogP contribution >= 0.6 is 15.9 Å². The number of halogens is 1. The Labute approximate surface area is 91.8 Å². The van der Waals surface area contributed by atoms with Crippen LogP contribution in [0.2, 0.25) is 0 Å². The number of hydrogen-bond donors (Lipinski definition) is 1. The fourth-order valence-electron chi connectivity index (χ4n) is 1.08. The second-order valence-electron chi connectivity index (χ2n) is 3.25. The third-order valence-electron chi connectivity index (χ3n) is 1.89. The van der Waals surface area contributed by atoms with E-state index in [9.17, 15) is 4.79 Å². The zero-order chi connectivity index (χ0) is 10.6. The van der Waals surface area contributed by atoms with Gasteiger partial charge >= 0.3 is 0 Å². The highest BCUT2D eigenvalue weighted by Gasteiger charge is 2.10. The van der Waals surface area contributed by atoms with E-state index in [4.69, 9.17) is 0 Å². The van der Waals surface area contributed by atoms with Crippen molar-refractivity contribution in [2.45, 2.75) is 19.4 Å². The number of carbonyl (C=O) groups excluding carboxylic acids is 1. The molecule has 1 atom stereocenters. The monoisotopic (exact) mass is 259 g/mol. The number of aromatic nitrogens is 2. The molecule has 1 rings (SSSR count). The van der Waals surface area contributed by atoms with Gasteiger partial charge in [-0.15, -0.1) is 0 Å². The zero-order valence-electron chi connectivity index (χ0n) is 8.33. The topological polar surface area (TPSA) is 46.9 Å². The molecule has 0 aliphatic heterocycles. The Hall–Kier alpha value is -0.840. The van der Waals surface area contributed by atoms with Crippen LogP contribution in [0.5, 0.6) is 0 Å². The average molecular weight is 260 g/mol. The van der Waals surface area contributed by atoms with Crippen LogP contribution in [0.1, 0.15) is 23.7 Å². The maximum absolute atomic E-state index is 11.6. The van der Waals surface area contributed by atoms with Crippen molar-refractivity contribution in [3.8, 4) is 0 Å². The third kappa shape index (κ3) is 3.14. The first kappa shape index (κ1) is 11.2. The predicted molar refractivity (Wildman–Crippen MR) is 58.5 cm³/mol. The van der Waals surface area contributed by atoms with E-state index in [0.717, 1.165) is 11.8 Å². The number of aryl methyl sites for hydroxylation is 1. The Morgan fingerprint density at radius 1 is 1.79 bits per heavy atom. The minimum absolute atomic E-state index is 0.0634. The Kier molecular flexibility index (Phi) is 4.13. The number of carbonyl (C=O) groups is 1. The molecule has 0 aliphatic carbocycles. The number of alkyl halides is 1.